The number of nitrogens with one attached hydrogen (secondary N) is 2. The van der Waals surface area contributed by atoms with E-state index in [-0.39, 0.29) is 38.6 Å². The molecule has 1 aliphatic rings. The zero-order valence-electron chi connectivity index (χ0n) is 17.5. The first-order chi connectivity index (χ1) is 15.0. The third-order valence-corrected chi connectivity index (χ3v) is 4.97. The molecule has 0 aliphatic carbocycles. The molecule has 4 atom stereocenters. The molecule has 0 bridgehead atoms. The number of amides is 5. The minimum atomic E-state index is -1.53. The molecule has 1 saturated heterocycles. The second-order valence-electron chi connectivity index (χ2n) is 7.45. The number of carbonyl (C=O) groups is 6. The van der Waals surface area contributed by atoms with Crippen molar-refractivity contribution in [3.8, 4) is 0 Å². The molecular formula is C18H30N6O8. The van der Waals surface area contributed by atoms with Crippen LogP contribution in [0, 0.1) is 0 Å². The van der Waals surface area contributed by atoms with E-state index < -0.39 is 66.3 Å². The number of likely N-dealkylation sites (tertiary alicyclic amines) is 1. The maximum absolute atomic E-state index is 13.1. The van der Waals surface area contributed by atoms with Gasteiger partial charge in [0.2, 0.25) is 29.5 Å². The van der Waals surface area contributed by atoms with Crippen LogP contribution in [-0.4, -0.2) is 87.9 Å². The number of carboxylic acid groups (broad SMARTS) is 1. The van der Waals surface area contributed by atoms with E-state index in [1.165, 1.54) is 4.90 Å². The van der Waals surface area contributed by atoms with Gasteiger partial charge in [-0.05, 0) is 25.7 Å². The van der Waals surface area contributed by atoms with Gasteiger partial charge in [-0.2, -0.15) is 0 Å². The van der Waals surface area contributed by atoms with Gasteiger partial charge in [0.05, 0.1) is 12.6 Å². The van der Waals surface area contributed by atoms with Gasteiger partial charge in [0.25, 0.3) is 0 Å². The second kappa shape index (κ2) is 12.6. The summed E-state index contributed by atoms with van der Waals surface area (Å²) in [5.74, 6) is -4.99. The molecule has 1 fully saturated rings. The van der Waals surface area contributed by atoms with E-state index in [4.69, 9.17) is 27.4 Å². The van der Waals surface area contributed by atoms with Crippen LogP contribution in [-0.2, 0) is 28.8 Å². The van der Waals surface area contributed by atoms with Crippen molar-refractivity contribution in [3.05, 3.63) is 0 Å². The van der Waals surface area contributed by atoms with Gasteiger partial charge in [-0.15, -0.1) is 0 Å². The summed E-state index contributed by atoms with van der Waals surface area (Å²) in [6, 6.07) is -4.91. The van der Waals surface area contributed by atoms with Crippen molar-refractivity contribution < 1.29 is 39.0 Å². The van der Waals surface area contributed by atoms with Gasteiger partial charge in [0, 0.05) is 19.4 Å². The van der Waals surface area contributed by atoms with E-state index in [0.717, 1.165) is 0 Å². The normalized spacial score (nSPS) is 18.3. The highest BCUT2D eigenvalue weighted by Gasteiger charge is 2.39. The van der Waals surface area contributed by atoms with Gasteiger partial charge in [-0.25, -0.2) is 4.79 Å². The van der Waals surface area contributed by atoms with Crippen LogP contribution in [0.4, 0.5) is 0 Å². The zero-order valence-corrected chi connectivity index (χ0v) is 17.5. The van der Waals surface area contributed by atoms with Crippen molar-refractivity contribution in [1.82, 2.24) is 15.5 Å². The molecule has 0 aromatic heterocycles. The van der Waals surface area contributed by atoms with Gasteiger partial charge in [-0.1, -0.05) is 0 Å². The summed E-state index contributed by atoms with van der Waals surface area (Å²) in [4.78, 5) is 72.2. The summed E-state index contributed by atoms with van der Waals surface area (Å²) < 4.78 is 0. The smallest absolute Gasteiger partial charge is 0.328 e. The van der Waals surface area contributed by atoms with Gasteiger partial charge >= 0.3 is 5.97 Å². The summed E-state index contributed by atoms with van der Waals surface area (Å²) in [5, 5.41) is 22.7. The van der Waals surface area contributed by atoms with Crippen LogP contribution in [0.5, 0.6) is 0 Å². The highest BCUT2D eigenvalue weighted by Crippen LogP contribution is 2.20. The molecule has 14 heteroatoms. The molecule has 0 saturated carbocycles. The van der Waals surface area contributed by atoms with E-state index >= 15 is 0 Å². The average molecular weight is 458 g/mol. The summed E-state index contributed by atoms with van der Waals surface area (Å²) in [5.41, 5.74) is 15.9. The molecule has 10 N–H and O–H groups in total. The van der Waals surface area contributed by atoms with Gasteiger partial charge in [-0.3, -0.25) is 24.0 Å². The van der Waals surface area contributed by atoms with Crippen molar-refractivity contribution in [1.29, 1.82) is 0 Å². The van der Waals surface area contributed by atoms with E-state index in [0.29, 0.717) is 6.42 Å². The van der Waals surface area contributed by atoms with Gasteiger partial charge < -0.3 is 42.9 Å². The minimum Gasteiger partial charge on any atom is -0.480 e. The summed E-state index contributed by atoms with van der Waals surface area (Å²) >= 11 is 0. The fraction of sp³-hybridized carbons (Fsp3) is 0.667. The molecule has 0 spiro atoms. The van der Waals surface area contributed by atoms with Crippen molar-refractivity contribution in [2.75, 3.05) is 13.2 Å². The maximum atomic E-state index is 13.1. The Morgan fingerprint density at radius 3 is 2.09 bits per heavy atom. The molecule has 180 valence electrons. The van der Waals surface area contributed by atoms with E-state index in [9.17, 15) is 28.8 Å². The lowest BCUT2D eigenvalue weighted by molar-refractivity contribution is -0.145. The number of carboxylic acids is 1. The first-order valence-electron chi connectivity index (χ1n) is 10.0. The van der Waals surface area contributed by atoms with Crippen molar-refractivity contribution in [2.24, 2.45) is 17.2 Å². The average Bonchev–Trinajstić information content (AvgIpc) is 3.21. The number of primary amides is 2. The molecule has 4 unspecified atom stereocenters. The number of nitrogens with two attached hydrogens (primary N) is 3. The lowest BCUT2D eigenvalue weighted by Gasteiger charge is -2.29. The van der Waals surface area contributed by atoms with Crippen LogP contribution in [0.2, 0.25) is 0 Å². The lowest BCUT2D eigenvalue weighted by atomic mass is 10.1. The van der Waals surface area contributed by atoms with Crippen molar-refractivity contribution in [2.45, 2.75) is 62.7 Å². The largest absolute Gasteiger partial charge is 0.480 e. The number of rotatable bonds is 13. The third kappa shape index (κ3) is 8.11. The van der Waals surface area contributed by atoms with E-state index in [1.54, 1.807) is 0 Å². The molecule has 1 heterocycles. The van der Waals surface area contributed by atoms with Gasteiger partial charge in [0.15, 0.2) is 0 Å². The Balaban J connectivity index is 2.93. The maximum Gasteiger partial charge on any atom is 0.328 e. The Labute approximate surface area is 183 Å². The predicted octanol–water partition coefficient (Wildman–Crippen LogP) is -4.12. The second-order valence-corrected chi connectivity index (χ2v) is 7.45. The van der Waals surface area contributed by atoms with E-state index in [1.807, 2.05) is 0 Å². The fourth-order valence-corrected chi connectivity index (χ4v) is 3.21. The Morgan fingerprint density at radius 1 is 0.969 bits per heavy atom. The topological polar surface area (TPSA) is 248 Å². The molecule has 0 aromatic carbocycles. The fourth-order valence-electron chi connectivity index (χ4n) is 3.21. The molecular weight excluding hydrogens is 428 g/mol. The highest BCUT2D eigenvalue weighted by atomic mass is 16.4. The minimum absolute atomic E-state index is 0.0512. The van der Waals surface area contributed by atoms with Crippen LogP contribution in [0.1, 0.15) is 38.5 Å². The molecule has 0 aromatic rings. The van der Waals surface area contributed by atoms with E-state index in [2.05, 4.69) is 10.6 Å². The number of aliphatic carboxylic acids is 1. The number of aliphatic hydroxyl groups excluding tert-OH is 1. The summed E-state index contributed by atoms with van der Waals surface area (Å²) in [6.07, 6.45) is 0.104. The monoisotopic (exact) mass is 458 g/mol. The first kappa shape index (κ1) is 26.8. The Morgan fingerprint density at radius 2 is 1.56 bits per heavy atom. The van der Waals surface area contributed by atoms with Crippen LogP contribution in [0.3, 0.4) is 0 Å². The molecule has 32 heavy (non-hydrogen) atoms. The lowest BCUT2D eigenvalue weighted by Crippen LogP contribution is -2.57. The summed E-state index contributed by atoms with van der Waals surface area (Å²) in [6.45, 7) is -0.674. The number of aliphatic hydroxyl groups is 1. The first-order valence-corrected chi connectivity index (χ1v) is 10.0. The molecule has 1 rings (SSSR count). The number of hydrogen-bond donors (Lipinski definition) is 7. The van der Waals surface area contributed by atoms with Crippen LogP contribution >= 0.6 is 0 Å². The Bertz CT molecular complexity index is 745. The quantitative estimate of drug-likeness (QED) is 0.141. The Hall–Kier alpha value is -3.26. The zero-order chi connectivity index (χ0) is 24.4. The highest BCUT2D eigenvalue weighted by molar-refractivity contribution is 5.94. The summed E-state index contributed by atoms with van der Waals surface area (Å²) in [7, 11) is 0. The standard InChI is InChI=1S/C18H30N6O8/c19-9(3-5-13(20)26)15(28)22-10(4-6-14(21)27)17(30)24-7-1-2-12(24)16(29)23-11(8-25)18(31)32/h9-12,25H,1-8,19H2,(H2,20,26)(H2,21,27)(H,22,28)(H,23,29)(H,31,32). The van der Waals surface area contributed by atoms with Crippen LogP contribution < -0.4 is 27.8 Å². The van der Waals surface area contributed by atoms with Crippen LogP contribution in [0.15, 0.2) is 0 Å². The molecule has 5 amide bonds. The van der Waals surface area contributed by atoms with Crippen molar-refractivity contribution in [3.63, 3.8) is 0 Å². The SMILES string of the molecule is NC(=O)CCC(N)C(=O)NC(CCC(N)=O)C(=O)N1CCCC1C(=O)NC(CO)C(=O)O. The van der Waals surface area contributed by atoms with Gasteiger partial charge in [0.1, 0.15) is 18.1 Å². The Kier molecular flexibility index (Phi) is 10.5. The molecule has 1 aliphatic heterocycles. The number of carbonyl (C=O) groups excluding carboxylic acids is 5. The molecule has 14 nitrogen and oxygen atoms in total. The number of hydrogen-bond acceptors (Lipinski definition) is 8. The molecule has 0 radical (unpaired) electrons. The number of nitrogens with zero attached hydrogens (tertiary/aromatic N) is 1. The third-order valence-electron chi connectivity index (χ3n) is 4.97. The predicted molar refractivity (Wildman–Crippen MR) is 108 cm³/mol. The van der Waals surface area contributed by atoms with Crippen molar-refractivity contribution >= 4 is 35.5 Å². The van der Waals surface area contributed by atoms with Crippen LogP contribution in [0.25, 0.3) is 0 Å².